The van der Waals surface area contributed by atoms with Gasteiger partial charge in [-0.05, 0) is 42.5 Å². The largest absolute Gasteiger partial charge is 0.573 e. The van der Waals surface area contributed by atoms with Gasteiger partial charge < -0.3 is 14.2 Å². The number of benzene rings is 1. The SMILES string of the molecule is COc1cc(OC(F)(F)F)ccc1-c1ccc2nnc(C(F)(F)OCC3CC3C)n2n1. The van der Waals surface area contributed by atoms with E-state index >= 15 is 0 Å². The Morgan fingerprint density at radius 3 is 2.48 bits per heavy atom. The molecule has 7 nitrogen and oxygen atoms in total. The van der Waals surface area contributed by atoms with E-state index in [1.807, 2.05) is 6.92 Å². The summed E-state index contributed by atoms with van der Waals surface area (Å²) in [7, 11) is 1.25. The summed E-state index contributed by atoms with van der Waals surface area (Å²) in [5.41, 5.74) is 0.461. The van der Waals surface area contributed by atoms with Crippen molar-refractivity contribution in [1.29, 1.82) is 0 Å². The molecule has 31 heavy (non-hydrogen) atoms. The van der Waals surface area contributed by atoms with Crippen molar-refractivity contribution < 1.29 is 36.2 Å². The Hall–Kier alpha value is -3.02. The van der Waals surface area contributed by atoms with Crippen molar-refractivity contribution in [2.45, 2.75) is 25.8 Å². The van der Waals surface area contributed by atoms with Crippen LogP contribution in [0, 0.1) is 11.8 Å². The van der Waals surface area contributed by atoms with Crippen molar-refractivity contribution in [1.82, 2.24) is 19.8 Å². The smallest absolute Gasteiger partial charge is 0.496 e. The van der Waals surface area contributed by atoms with E-state index in [0.717, 1.165) is 23.1 Å². The van der Waals surface area contributed by atoms with Gasteiger partial charge in [0.15, 0.2) is 5.65 Å². The van der Waals surface area contributed by atoms with E-state index in [0.29, 0.717) is 5.92 Å². The monoisotopic (exact) mass is 444 g/mol. The van der Waals surface area contributed by atoms with E-state index in [1.165, 1.54) is 25.3 Å². The van der Waals surface area contributed by atoms with Gasteiger partial charge in [-0.2, -0.15) is 18.4 Å². The van der Waals surface area contributed by atoms with Gasteiger partial charge in [-0.15, -0.1) is 23.4 Å². The Morgan fingerprint density at radius 1 is 1.10 bits per heavy atom. The van der Waals surface area contributed by atoms with Crippen molar-refractivity contribution in [2.24, 2.45) is 11.8 Å². The molecule has 12 heteroatoms. The van der Waals surface area contributed by atoms with Gasteiger partial charge in [-0.25, -0.2) is 0 Å². The van der Waals surface area contributed by atoms with E-state index in [4.69, 9.17) is 9.47 Å². The van der Waals surface area contributed by atoms with Crippen LogP contribution in [0.5, 0.6) is 11.5 Å². The third-order valence-electron chi connectivity index (χ3n) is 4.96. The van der Waals surface area contributed by atoms with Crippen molar-refractivity contribution in [3.05, 3.63) is 36.2 Å². The topological polar surface area (TPSA) is 70.8 Å². The van der Waals surface area contributed by atoms with Crippen molar-refractivity contribution >= 4 is 5.65 Å². The quantitative estimate of drug-likeness (QED) is 0.503. The maximum Gasteiger partial charge on any atom is 0.573 e. The summed E-state index contributed by atoms with van der Waals surface area (Å²) < 4.78 is 81.2. The van der Waals surface area contributed by atoms with Crippen LogP contribution in [-0.4, -0.2) is 39.9 Å². The second-order valence-electron chi connectivity index (χ2n) is 7.22. The number of rotatable bonds is 7. The van der Waals surface area contributed by atoms with Gasteiger partial charge in [-0.1, -0.05) is 6.92 Å². The zero-order valence-electron chi connectivity index (χ0n) is 16.4. The standard InChI is InChI=1S/C19H17F5N4O3/c1-10-7-11(10)9-30-18(20,21)17-26-25-16-6-5-14(27-28(16)17)13-4-3-12(8-15(13)29-2)31-19(22,23)24/h3-6,8,10-11H,7,9H2,1-2H3. The number of nitrogens with zero attached hydrogens (tertiary/aromatic N) is 4. The predicted molar refractivity (Wildman–Crippen MR) is 96.6 cm³/mol. The number of aromatic nitrogens is 4. The number of fused-ring (bicyclic) bond motifs is 1. The average molecular weight is 444 g/mol. The molecule has 0 amide bonds. The number of halogens is 5. The molecule has 0 N–H and O–H groups in total. The Morgan fingerprint density at radius 2 is 1.84 bits per heavy atom. The summed E-state index contributed by atoms with van der Waals surface area (Å²) in [5.74, 6) is -0.862. The number of hydrogen-bond donors (Lipinski definition) is 0. The molecule has 4 rings (SSSR count). The summed E-state index contributed by atoms with van der Waals surface area (Å²) >= 11 is 0. The fraction of sp³-hybridized carbons (Fsp3) is 0.421. The van der Waals surface area contributed by atoms with E-state index in [9.17, 15) is 22.0 Å². The molecule has 2 atom stereocenters. The Balaban J connectivity index is 1.67. The Bertz CT molecular complexity index is 1100. The van der Waals surface area contributed by atoms with Gasteiger partial charge in [-0.3, -0.25) is 0 Å². The second-order valence-corrected chi connectivity index (χ2v) is 7.22. The molecule has 1 aliphatic rings. The van der Waals surface area contributed by atoms with Gasteiger partial charge in [0.25, 0.3) is 5.82 Å². The van der Waals surface area contributed by atoms with E-state index in [2.05, 4.69) is 20.0 Å². The normalized spacial score (nSPS) is 18.9. The average Bonchev–Trinajstić information content (AvgIpc) is 3.23. The molecule has 0 bridgehead atoms. The fourth-order valence-electron chi connectivity index (χ4n) is 3.10. The summed E-state index contributed by atoms with van der Waals surface area (Å²) in [6, 6.07) is 6.23. The van der Waals surface area contributed by atoms with Crippen molar-refractivity contribution in [2.75, 3.05) is 13.7 Å². The maximum absolute atomic E-state index is 14.6. The van der Waals surface area contributed by atoms with E-state index in [1.54, 1.807) is 0 Å². The minimum atomic E-state index is -4.87. The van der Waals surface area contributed by atoms with Gasteiger partial charge in [0.2, 0.25) is 0 Å². The first kappa shape index (κ1) is 21.2. The van der Waals surface area contributed by atoms with Crippen LogP contribution in [0.4, 0.5) is 22.0 Å². The molecule has 1 fully saturated rings. The molecule has 2 aromatic heterocycles. The molecule has 1 aromatic carbocycles. The first-order chi connectivity index (χ1) is 14.6. The van der Waals surface area contributed by atoms with Crippen molar-refractivity contribution in [3.8, 4) is 22.8 Å². The maximum atomic E-state index is 14.6. The van der Waals surface area contributed by atoms with E-state index < -0.39 is 24.0 Å². The highest BCUT2D eigenvalue weighted by molar-refractivity contribution is 5.69. The lowest BCUT2D eigenvalue weighted by Gasteiger charge is -2.15. The highest BCUT2D eigenvalue weighted by Crippen LogP contribution is 2.40. The minimum absolute atomic E-state index is 0.00829. The summed E-state index contributed by atoms with van der Waals surface area (Å²) in [6.45, 7) is 1.84. The van der Waals surface area contributed by atoms with Crippen LogP contribution >= 0.6 is 0 Å². The zero-order chi connectivity index (χ0) is 22.4. The van der Waals surface area contributed by atoms with E-state index in [-0.39, 0.29) is 35.2 Å². The molecule has 0 saturated heterocycles. The van der Waals surface area contributed by atoms with Crippen LogP contribution in [0.25, 0.3) is 16.9 Å². The minimum Gasteiger partial charge on any atom is -0.496 e. The van der Waals surface area contributed by atoms with Crippen LogP contribution in [0.2, 0.25) is 0 Å². The molecule has 0 aliphatic heterocycles. The molecular formula is C19H17F5N4O3. The number of ether oxygens (including phenoxy) is 3. The molecule has 1 aliphatic carbocycles. The first-order valence-corrected chi connectivity index (χ1v) is 9.26. The number of methoxy groups -OCH3 is 1. The molecule has 0 spiro atoms. The van der Waals surface area contributed by atoms with Gasteiger partial charge >= 0.3 is 12.5 Å². The highest BCUT2D eigenvalue weighted by atomic mass is 19.4. The molecule has 1 saturated carbocycles. The van der Waals surface area contributed by atoms with Crippen LogP contribution in [0.1, 0.15) is 19.2 Å². The lowest BCUT2D eigenvalue weighted by molar-refractivity contribution is -0.274. The Kier molecular flexibility index (Phi) is 5.20. The third kappa shape index (κ3) is 4.53. The highest BCUT2D eigenvalue weighted by Gasteiger charge is 2.43. The molecule has 2 unspecified atom stereocenters. The number of alkyl halides is 5. The van der Waals surface area contributed by atoms with Crippen LogP contribution in [0.15, 0.2) is 30.3 Å². The van der Waals surface area contributed by atoms with Gasteiger partial charge in [0, 0.05) is 11.6 Å². The van der Waals surface area contributed by atoms with Crippen LogP contribution < -0.4 is 9.47 Å². The molecule has 0 radical (unpaired) electrons. The zero-order valence-corrected chi connectivity index (χ0v) is 16.4. The lowest BCUT2D eigenvalue weighted by Crippen LogP contribution is -2.24. The summed E-state index contributed by atoms with van der Waals surface area (Å²) in [5, 5.41) is 11.3. The summed E-state index contributed by atoms with van der Waals surface area (Å²) in [6.07, 6.45) is -7.76. The molecule has 2 heterocycles. The van der Waals surface area contributed by atoms with Gasteiger partial charge in [0.05, 0.1) is 19.4 Å². The molecule has 3 aromatic rings. The second kappa shape index (κ2) is 7.59. The molecule has 166 valence electrons. The third-order valence-corrected chi connectivity index (χ3v) is 4.96. The first-order valence-electron chi connectivity index (χ1n) is 9.26. The predicted octanol–water partition coefficient (Wildman–Crippen LogP) is 4.42. The fourth-order valence-corrected chi connectivity index (χ4v) is 3.10. The lowest BCUT2D eigenvalue weighted by atomic mass is 10.1. The number of hydrogen-bond acceptors (Lipinski definition) is 6. The Labute approximate surface area is 172 Å². The van der Waals surface area contributed by atoms with Crippen molar-refractivity contribution in [3.63, 3.8) is 0 Å². The van der Waals surface area contributed by atoms with Crippen LogP contribution in [-0.2, 0) is 10.8 Å². The summed E-state index contributed by atoms with van der Waals surface area (Å²) in [4.78, 5) is 0. The van der Waals surface area contributed by atoms with Crippen LogP contribution in [0.3, 0.4) is 0 Å². The van der Waals surface area contributed by atoms with Gasteiger partial charge in [0.1, 0.15) is 11.5 Å². The molecular weight excluding hydrogens is 427 g/mol.